The zero-order chi connectivity index (χ0) is 25.3. The van der Waals surface area contributed by atoms with E-state index >= 15 is 0 Å². The first-order valence-electron chi connectivity index (χ1n) is 10.4. The van der Waals surface area contributed by atoms with Crippen LogP contribution in [0, 0.1) is 0 Å². The van der Waals surface area contributed by atoms with Crippen molar-refractivity contribution in [2.45, 2.75) is 4.90 Å². The Hall–Kier alpha value is -3.86. The van der Waals surface area contributed by atoms with Gasteiger partial charge in [0.25, 0.3) is 0 Å². The van der Waals surface area contributed by atoms with Gasteiger partial charge in [0.2, 0.25) is 11.8 Å². The van der Waals surface area contributed by atoms with E-state index in [9.17, 15) is 8.42 Å². The van der Waals surface area contributed by atoms with Crippen LogP contribution in [0.1, 0.15) is 11.7 Å². The molecule has 0 bridgehead atoms. The van der Waals surface area contributed by atoms with Gasteiger partial charge >= 0.3 is 0 Å². The molecular weight excluding hydrogens is 523 g/mol. The Balaban J connectivity index is 1.54. The Morgan fingerprint density at radius 1 is 0.889 bits per heavy atom. The highest BCUT2D eigenvalue weighted by molar-refractivity contribution is 7.90. The molecule has 0 aliphatic heterocycles. The molecule has 9 nitrogen and oxygen atoms in total. The van der Waals surface area contributed by atoms with Crippen LogP contribution in [0.5, 0.6) is 0 Å². The maximum atomic E-state index is 11.8. The number of pyridine rings is 1. The van der Waals surface area contributed by atoms with E-state index < -0.39 is 9.84 Å². The molecular formula is C24H16Cl2N6O3S. The molecule has 36 heavy (non-hydrogen) atoms. The standard InChI is InChI=1S/C24H16Cl2N6O3S/c1-36(33,34)17-10-11-19(27-14-17)23-30-28-21(32(23)20-5-3-2-4-18(20)26)12-13-22-29-31-24(35-22)15-6-8-16(25)9-7-15/h2-14H,1H3. The molecule has 0 fully saturated rings. The van der Waals surface area contributed by atoms with Crippen molar-refractivity contribution in [2.24, 2.45) is 0 Å². The summed E-state index contributed by atoms with van der Waals surface area (Å²) in [5.41, 5.74) is 1.76. The second-order valence-corrected chi connectivity index (χ2v) is 10.5. The monoisotopic (exact) mass is 538 g/mol. The summed E-state index contributed by atoms with van der Waals surface area (Å²) >= 11 is 12.4. The molecule has 0 unspecified atom stereocenters. The summed E-state index contributed by atoms with van der Waals surface area (Å²) in [4.78, 5) is 4.39. The minimum Gasteiger partial charge on any atom is -0.417 e. The van der Waals surface area contributed by atoms with E-state index in [1.165, 1.54) is 12.3 Å². The van der Waals surface area contributed by atoms with Crippen LogP contribution < -0.4 is 0 Å². The third kappa shape index (κ3) is 4.92. The first-order chi connectivity index (χ1) is 17.3. The van der Waals surface area contributed by atoms with Crippen molar-refractivity contribution in [2.75, 3.05) is 6.26 Å². The van der Waals surface area contributed by atoms with Gasteiger partial charge in [-0.2, -0.15) is 0 Å². The van der Waals surface area contributed by atoms with Gasteiger partial charge < -0.3 is 4.42 Å². The molecule has 0 saturated heterocycles. The molecule has 180 valence electrons. The minimum absolute atomic E-state index is 0.100. The maximum Gasteiger partial charge on any atom is 0.248 e. The van der Waals surface area contributed by atoms with Crippen molar-refractivity contribution < 1.29 is 12.8 Å². The lowest BCUT2D eigenvalue weighted by Gasteiger charge is -2.10. The van der Waals surface area contributed by atoms with Gasteiger partial charge in [0.15, 0.2) is 21.5 Å². The van der Waals surface area contributed by atoms with E-state index in [0.29, 0.717) is 39.0 Å². The fraction of sp³-hybridized carbons (Fsp3) is 0.0417. The van der Waals surface area contributed by atoms with Crippen molar-refractivity contribution in [3.05, 3.63) is 88.6 Å². The number of sulfone groups is 1. The van der Waals surface area contributed by atoms with Gasteiger partial charge in [-0.1, -0.05) is 35.3 Å². The summed E-state index contributed by atoms with van der Waals surface area (Å²) in [5, 5.41) is 17.8. The van der Waals surface area contributed by atoms with Crippen LogP contribution in [0.4, 0.5) is 0 Å². The fourth-order valence-electron chi connectivity index (χ4n) is 3.33. The number of para-hydroxylation sites is 1. The molecule has 0 atom stereocenters. The number of rotatable bonds is 6. The highest BCUT2D eigenvalue weighted by Crippen LogP contribution is 2.28. The lowest BCUT2D eigenvalue weighted by atomic mass is 10.2. The van der Waals surface area contributed by atoms with Gasteiger partial charge in [-0.3, -0.25) is 9.55 Å². The van der Waals surface area contributed by atoms with Crippen LogP contribution in [0.3, 0.4) is 0 Å². The molecule has 2 aromatic carbocycles. The predicted molar refractivity (Wildman–Crippen MR) is 136 cm³/mol. The summed E-state index contributed by atoms with van der Waals surface area (Å²) in [6, 6.07) is 17.3. The van der Waals surface area contributed by atoms with E-state index in [1.54, 1.807) is 59.2 Å². The maximum absolute atomic E-state index is 11.8. The van der Waals surface area contributed by atoms with E-state index in [-0.39, 0.29) is 10.8 Å². The number of halogens is 2. The topological polar surface area (TPSA) is 117 Å². The van der Waals surface area contributed by atoms with Crippen LogP contribution in [-0.2, 0) is 9.84 Å². The Kier molecular flexibility index (Phi) is 6.40. The Bertz CT molecular complexity index is 1680. The number of benzene rings is 2. The number of nitrogens with zero attached hydrogens (tertiary/aromatic N) is 6. The van der Waals surface area contributed by atoms with Crippen LogP contribution in [0.2, 0.25) is 10.0 Å². The lowest BCUT2D eigenvalue weighted by Crippen LogP contribution is -2.03. The molecule has 0 amide bonds. The van der Waals surface area contributed by atoms with E-state index in [2.05, 4.69) is 25.4 Å². The largest absolute Gasteiger partial charge is 0.417 e. The number of hydrogen-bond donors (Lipinski definition) is 0. The molecule has 5 aromatic rings. The molecule has 0 N–H and O–H groups in total. The highest BCUT2D eigenvalue weighted by atomic mass is 35.5. The second kappa shape index (κ2) is 9.65. The molecule has 3 heterocycles. The Labute approximate surface area is 216 Å². The minimum atomic E-state index is -3.39. The molecule has 0 spiro atoms. The average molecular weight is 539 g/mol. The number of aromatic nitrogens is 6. The quantitative estimate of drug-likeness (QED) is 0.287. The van der Waals surface area contributed by atoms with Crippen LogP contribution >= 0.6 is 23.2 Å². The highest BCUT2D eigenvalue weighted by Gasteiger charge is 2.18. The SMILES string of the molecule is CS(=O)(=O)c1ccc(-c2nnc(C=Cc3nnc(-c4ccc(Cl)cc4)o3)n2-c2ccccc2Cl)nc1. The summed E-state index contributed by atoms with van der Waals surface area (Å²) in [7, 11) is -3.39. The van der Waals surface area contributed by atoms with E-state index in [0.717, 1.165) is 11.8 Å². The number of hydrogen-bond acceptors (Lipinski definition) is 8. The van der Waals surface area contributed by atoms with E-state index in [4.69, 9.17) is 27.6 Å². The molecule has 0 saturated carbocycles. The van der Waals surface area contributed by atoms with Crippen molar-refractivity contribution >= 4 is 45.2 Å². The predicted octanol–water partition coefficient (Wildman–Crippen LogP) is 5.26. The Morgan fingerprint density at radius 3 is 2.36 bits per heavy atom. The second-order valence-electron chi connectivity index (χ2n) is 7.61. The average Bonchev–Trinajstić information content (AvgIpc) is 3.50. The third-order valence-corrected chi connectivity index (χ3v) is 6.75. The third-order valence-electron chi connectivity index (χ3n) is 5.08. The smallest absolute Gasteiger partial charge is 0.248 e. The van der Waals surface area contributed by atoms with Crippen molar-refractivity contribution in [3.8, 4) is 28.7 Å². The van der Waals surface area contributed by atoms with Crippen LogP contribution in [0.15, 0.2) is 76.2 Å². The molecule has 0 radical (unpaired) electrons. The van der Waals surface area contributed by atoms with Crippen LogP contribution in [0.25, 0.3) is 40.8 Å². The first kappa shape index (κ1) is 23.9. The van der Waals surface area contributed by atoms with Gasteiger partial charge in [-0.25, -0.2) is 8.42 Å². The van der Waals surface area contributed by atoms with Gasteiger partial charge in [0.1, 0.15) is 5.69 Å². The summed E-state index contributed by atoms with van der Waals surface area (Å²) < 4.78 is 31.1. The molecule has 0 aliphatic rings. The fourth-order valence-corrected chi connectivity index (χ4v) is 4.24. The molecule has 3 aromatic heterocycles. The molecule has 5 rings (SSSR count). The van der Waals surface area contributed by atoms with Gasteiger partial charge in [0.05, 0.1) is 15.6 Å². The lowest BCUT2D eigenvalue weighted by molar-refractivity contribution is 0.558. The molecule has 12 heteroatoms. The van der Waals surface area contributed by atoms with Crippen molar-refractivity contribution in [1.82, 2.24) is 29.9 Å². The van der Waals surface area contributed by atoms with Gasteiger partial charge in [-0.05, 0) is 54.6 Å². The Morgan fingerprint density at radius 2 is 1.67 bits per heavy atom. The molecule has 0 aliphatic carbocycles. The zero-order valence-electron chi connectivity index (χ0n) is 18.6. The summed E-state index contributed by atoms with van der Waals surface area (Å²) in [6.45, 7) is 0. The van der Waals surface area contributed by atoms with Gasteiger partial charge in [-0.15, -0.1) is 20.4 Å². The van der Waals surface area contributed by atoms with Gasteiger partial charge in [0, 0.05) is 29.1 Å². The van der Waals surface area contributed by atoms with Crippen LogP contribution in [-0.4, -0.2) is 44.6 Å². The van der Waals surface area contributed by atoms with Crippen molar-refractivity contribution in [1.29, 1.82) is 0 Å². The summed E-state index contributed by atoms with van der Waals surface area (Å²) in [6.07, 6.45) is 5.66. The first-order valence-corrected chi connectivity index (χ1v) is 13.1. The normalized spacial score (nSPS) is 11.9. The van der Waals surface area contributed by atoms with Crippen molar-refractivity contribution in [3.63, 3.8) is 0 Å². The zero-order valence-corrected chi connectivity index (χ0v) is 20.9. The summed E-state index contributed by atoms with van der Waals surface area (Å²) in [5.74, 6) is 1.38. The van der Waals surface area contributed by atoms with E-state index in [1.807, 2.05) is 12.1 Å².